The van der Waals surface area contributed by atoms with E-state index in [1.807, 2.05) is 22.6 Å². The molecule has 0 saturated carbocycles. The molecule has 14 heavy (non-hydrogen) atoms. The number of hydrogen-bond donors (Lipinski definition) is 0. The van der Waals surface area contributed by atoms with Crippen LogP contribution in [-0.2, 0) is 0 Å². The van der Waals surface area contributed by atoms with Gasteiger partial charge in [-0.15, -0.1) is 10.2 Å². The zero-order valence-corrected chi connectivity index (χ0v) is 8.56. The Balaban J connectivity index is 2.74. The van der Waals surface area contributed by atoms with Crippen LogP contribution in [0.15, 0.2) is 18.2 Å². The molecule has 0 bridgehead atoms. The van der Waals surface area contributed by atoms with E-state index in [0.717, 1.165) is 17.4 Å². The second-order valence-electron chi connectivity index (χ2n) is 3.47. The molecule has 4 nitrogen and oxygen atoms in total. The predicted octanol–water partition coefficient (Wildman–Crippen LogP) is 1.86. The van der Waals surface area contributed by atoms with Crippen LogP contribution >= 0.6 is 0 Å². The summed E-state index contributed by atoms with van der Waals surface area (Å²) in [6.07, 6.45) is 0. The van der Waals surface area contributed by atoms with Crippen molar-refractivity contribution in [2.75, 3.05) is 7.11 Å². The van der Waals surface area contributed by atoms with Gasteiger partial charge >= 0.3 is 0 Å². The third-order valence-corrected chi connectivity index (χ3v) is 2.14. The Morgan fingerprint density at radius 3 is 2.71 bits per heavy atom. The van der Waals surface area contributed by atoms with Gasteiger partial charge in [-0.3, -0.25) is 0 Å². The summed E-state index contributed by atoms with van der Waals surface area (Å²) in [7, 11) is 1.65. The molecule has 0 aliphatic heterocycles. The Morgan fingerprint density at radius 1 is 1.29 bits per heavy atom. The minimum atomic E-state index is 0.335. The van der Waals surface area contributed by atoms with Crippen LogP contribution in [0.5, 0.6) is 5.88 Å². The van der Waals surface area contributed by atoms with Crippen molar-refractivity contribution in [1.82, 2.24) is 14.6 Å². The lowest BCUT2D eigenvalue weighted by molar-refractivity contribution is 0.389. The van der Waals surface area contributed by atoms with Crippen molar-refractivity contribution < 1.29 is 4.74 Å². The highest BCUT2D eigenvalue weighted by Gasteiger charge is 2.11. The summed E-state index contributed by atoms with van der Waals surface area (Å²) in [6.45, 7) is 4.17. The van der Waals surface area contributed by atoms with Crippen LogP contribution in [0.1, 0.15) is 25.6 Å². The quantitative estimate of drug-likeness (QED) is 0.727. The molecule has 2 rings (SSSR count). The van der Waals surface area contributed by atoms with Crippen LogP contribution in [0, 0.1) is 0 Å². The van der Waals surface area contributed by atoms with Crippen molar-refractivity contribution in [3.05, 3.63) is 24.0 Å². The summed E-state index contributed by atoms with van der Waals surface area (Å²) >= 11 is 0. The molecule has 0 spiro atoms. The van der Waals surface area contributed by atoms with Gasteiger partial charge in [0.15, 0.2) is 5.65 Å². The van der Waals surface area contributed by atoms with Gasteiger partial charge in [-0.25, -0.2) is 4.40 Å². The summed E-state index contributed by atoms with van der Waals surface area (Å²) in [5, 5.41) is 8.22. The number of aromatic nitrogens is 3. The molecule has 0 unspecified atom stereocenters. The summed E-state index contributed by atoms with van der Waals surface area (Å²) in [5.74, 6) is 2.04. The van der Waals surface area contributed by atoms with E-state index in [1.54, 1.807) is 7.11 Å². The molecule has 0 N–H and O–H groups in total. The normalized spacial score (nSPS) is 11.1. The van der Waals surface area contributed by atoms with Crippen LogP contribution in [0.25, 0.3) is 5.65 Å². The van der Waals surface area contributed by atoms with Crippen molar-refractivity contribution in [3.8, 4) is 5.88 Å². The van der Waals surface area contributed by atoms with Crippen LogP contribution in [-0.4, -0.2) is 21.7 Å². The largest absolute Gasteiger partial charge is 0.482 e. The lowest BCUT2D eigenvalue weighted by atomic mass is 10.2. The molecule has 74 valence electrons. The molecule has 0 fully saturated rings. The van der Waals surface area contributed by atoms with E-state index in [2.05, 4.69) is 24.0 Å². The molecule has 0 aliphatic rings. The Morgan fingerprint density at radius 2 is 2.07 bits per heavy atom. The maximum atomic E-state index is 5.26. The van der Waals surface area contributed by atoms with Crippen LogP contribution in [0.2, 0.25) is 0 Å². The molecule has 0 aromatic carbocycles. The maximum Gasteiger partial charge on any atom is 0.200 e. The first-order valence-electron chi connectivity index (χ1n) is 4.62. The number of fused-ring (bicyclic) bond motifs is 1. The lowest BCUT2D eigenvalue weighted by Crippen LogP contribution is -2.00. The minimum absolute atomic E-state index is 0.335. The Kier molecular flexibility index (Phi) is 2.11. The Bertz CT molecular complexity index is 448. The highest BCUT2D eigenvalue weighted by atomic mass is 16.5. The van der Waals surface area contributed by atoms with Crippen molar-refractivity contribution in [3.63, 3.8) is 0 Å². The molecule has 0 saturated heterocycles. The highest BCUT2D eigenvalue weighted by Crippen LogP contribution is 2.19. The van der Waals surface area contributed by atoms with Crippen molar-refractivity contribution in [1.29, 1.82) is 0 Å². The molecule has 2 heterocycles. The number of pyridine rings is 1. The van der Waals surface area contributed by atoms with Crippen LogP contribution in [0.4, 0.5) is 0 Å². The highest BCUT2D eigenvalue weighted by molar-refractivity contribution is 5.42. The summed E-state index contributed by atoms with van der Waals surface area (Å²) < 4.78 is 7.19. The first-order chi connectivity index (χ1) is 6.74. The van der Waals surface area contributed by atoms with Gasteiger partial charge in [-0.05, 0) is 12.1 Å². The maximum absolute atomic E-state index is 5.26. The molecule has 4 heteroatoms. The topological polar surface area (TPSA) is 39.4 Å². The molecule has 2 aromatic heterocycles. The van der Waals surface area contributed by atoms with Crippen molar-refractivity contribution in [2.24, 2.45) is 0 Å². The monoisotopic (exact) mass is 191 g/mol. The zero-order valence-electron chi connectivity index (χ0n) is 8.56. The molecular weight excluding hydrogens is 178 g/mol. The molecule has 0 amide bonds. The van der Waals surface area contributed by atoms with E-state index >= 15 is 0 Å². The standard InChI is InChI=1S/C10H13N3O/c1-7(2)10-12-11-8-5-4-6-9(14-3)13(8)10/h4-7H,1-3H3. The summed E-state index contributed by atoms with van der Waals surface area (Å²) in [6, 6.07) is 5.73. The van der Waals surface area contributed by atoms with E-state index in [-0.39, 0.29) is 0 Å². The molecule has 0 aliphatic carbocycles. The summed E-state index contributed by atoms with van der Waals surface area (Å²) in [5.41, 5.74) is 0.827. The minimum Gasteiger partial charge on any atom is -0.482 e. The van der Waals surface area contributed by atoms with Gasteiger partial charge in [0.05, 0.1) is 7.11 Å². The van der Waals surface area contributed by atoms with E-state index in [9.17, 15) is 0 Å². The number of ether oxygens (including phenoxy) is 1. The first kappa shape index (κ1) is 8.99. The van der Waals surface area contributed by atoms with Crippen molar-refractivity contribution in [2.45, 2.75) is 19.8 Å². The van der Waals surface area contributed by atoms with Gasteiger partial charge in [0.25, 0.3) is 0 Å². The van der Waals surface area contributed by atoms with Gasteiger partial charge in [-0.1, -0.05) is 19.9 Å². The molecule has 0 atom stereocenters. The molecule has 2 aromatic rings. The smallest absolute Gasteiger partial charge is 0.200 e. The average Bonchev–Trinajstić information content (AvgIpc) is 2.60. The lowest BCUT2D eigenvalue weighted by Gasteiger charge is -2.07. The third kappa shape index (κ3) is 1.23. The van der Waals surface area contributed by atoms with Gasteiger partial charge < -0.3 is 4.74 Å². The predicted molar refractivity (Wildman–Crippen MR) is 53.6 cm³/mol. The fraction of sp³-hybridized carbons (Fsp3) is 0.400. The second-order valence-corrected chi connectivity index (χ2v) is 3.47. The second kappa shape index (κ2) is 3.29. The van der Waals surface area contributed by atoms with E-state index in [1.165, 1.54) is 0 Å². The van der Waals surface area contributed by atoms with Gasteiger partial charge in [-0.2, -0.15) is 0 Å². The number of hydrogen-bond acceptors (Lipinski definition) is 3. The van der Waals surface area contributed by atoms with Crippen LogP contribution < -0.4 is 4.74 Å². The Hall–Kier alpha value is -1.58. The zero-order chi connectivity index (χ0) is 10.1. The van der Waals surface area contributed by atoms with Crippen LogP contribution in [0.3, 0.4) is 0 Å². The first-order valence-corrected chi connectivity index (χ1v) is 4.62. The number of methoxy groups -OCH3 is 1. The van der Waals surface area contributed by atoms with E-state index < -0.39 is 0 Å². The SMILES string of the molecule is COc1cccc2nnc(C(C)C)n12. The third-order valence-electron chi connectivity index (χ3n) is 2.14. The van der Waals surface area contributed by atoms with E-state index in [4.69, 9.17) is 4.74 Å². The average molecular weight is 191 g/mol. The van der Waals surface area contributed by atoms with Gasteiger partial charge in [0, 0.05) is 5.92 Å². The van der Waals surface area contributed by atoms with Gasteiger partial charge in [0.2, 0.25) is 5.88 Å². The molecule has 0 radical (unpaired) electrons. The number of nitrogens with zero attached hydrogens (tertiary/aromatic N) is 3. The summed E-state index contributed by atoms with van der Waals surface area (Å²) in [4.78, 5) is 0. The van der Waals surface area contributed by atoms with Crippen molar-refractivity contribution >= 4 is 5.65 Å². The van der Waals surface area contributed by atoms with Gasteiger partial charge in [0.1, 0.15) is 5.82 Å². The fourth-order valence-electron chi connectivity index (χ4n) is 1.47. The number of rotatable bonds is 2. The van der Waals surface area contributed by atoms with E-state index in [0.29, 0.717) is 5.92 Å². The molecular formula is C10H13N3O. The fourth-order valence-corrected chi connectivity index (χ4v) is 1.47. The Labute approximate surface area is 82.5 Å².